The number of amides is 1. The molecular formula is C30H38N2O6. The molecule has 8 nitrogen and oxygen atoms in total. The molecule has 1 aliphatic carbocycles. The fourth-order valence-electron chi connectivity index (χ4n) is 5.31. The van der Waals surface area contributed by atoms with Gasteiger partial charge in [0.15, 0.2) is 6.29 Å². The standard InChI is InChI=1S/C30H38N2O6/c1-2-16-32(25-8-3-4-9-25)19-26-18-27(22-12-10-21(20-33)11-13-22)38-30(37-26)23-6-5-7-24(17-23)31-28(34)14-15-29(35)36/h2,5-7,10-13,17,25-27,30,33H,1,3-4,8-9,14-16,18-20H2,(H,31,34)(H,35,36). The maximum absolute atomic E-state index is 12.2. The molecule has 1 amide bonds. The van der Waals surface area contributed by atoms with E-state index < -0.39 is 12.3 Å². The minimum absolute atomic E-state index is 0.0109. The van der Waals surface area contributed by atoms with Crippen LogP contribution in [0.25, 0.3) is 0 Å². The molecule has 3 N–H and O–H groups in total. The average molecular weight is 523 g/mol. The summed E-state index contributed by atoms with van der Waals surface area (Å²) < 4.78 is 13.0. The van der Waals surface area contributed by atoms with Crippen LogP contribution in [0.1, 0.15) is 74.0 Å². The van der Waals surface area contributed by atoms with Gasteiger partial charge in [0.2, 0.25) is 5.91 Å². The van der Waals surface area contributed by atoms with Crippen LogP contribution in [-0.2, 0) is 25.7 Å². The highest BCUT2D eigenvalue weighted by Crippen LogP contribution is 2.39. The number of anilines is 1. The van der Waals surface area contributed by atoms with Crippen LogP contribution < -0.4 is 5.32 Å². The zero-order valence-electron chi connectivity index (χ0n) is 21.8. The Morgan fingerprint density at radius 2 is 1.82 bits per heavy atom. The van der Waals surface area contributed by atoms with Crippen LogP contribution in [0.2, 0.25) is 0 Å². The normalized spacial score (nSPS) is 21.9. The molecule has 1 heterocycles. The van der Waals surface area contributed by atoms with Crippen LogP contribution in [0.3, 0.4) is 0 Å². The predicted molar refractivity (Wildman–Crippen MR) is 144 cm³/mol. The number of nitrogens with one attached hydrogen (secondary N) is 1. The number of aliphatic hydroxyl groups excluding tert-OH is 1. The number of aliphatic hydroxyl groups is 1. The first-order valence-corrected chi connectivity index (χ1v) is 13.4. The lowest BCUT2D eigenvalue weighted by Gasteiger charge is -2.39. The molecule has 2 fully saturated rings. The SMILES string of the molecule is C=CCN(CC1CC(c2ccc(CO)cc2)OC(c2cccc(NC(=O)CCC(=O)O)c2)O1)C1CCCC1. The van der Waals surface area contributed by atoms with E-state index in [-0.39, 0.29) is 37.6 Å². The van der Waals surface area contributed by atoms with Gasteiger partial charge in [0, 0.05) is 43.2 Å². The molecule has 0 bridgehead atoms. The molecule has 1 aliphatic heterocycles. The van der Waals surface area contributed by atoms with Gasteiger partial charge in [-0.3, -0.25) is 14.5 Å². The molecule has 3 unspecified atom stereocenters. The lowest BCUT2D eigenvalue weighted by atomic mass is 9.99. The number of hydrogen-bond donors (Lipinski definition) is 3. The van der Waals surface area contributed by atoms with Crippen LogP contribution in [0, 0.1) is 0 Å². The number of ether oxygens (including phenoxy) is 2. The van der Waals surface area contributed by atoms with E-state index in [1.807, 2.05) is 48.5 Å². The van der Waals surface area contributed by atoms with E-state index in [0.29, 0.717) is 18.2 Å². The van der Waals surface area contributed by atoms with Gasteiger partial charge in [-0.05, 0) is 36.1 Å². The molecule has 2 aliphatic rings. The first kappa shape index (κ1) is 28.0. The van der Waals surface area contributed by atoms with Crippen LogP contribution >= 0.6 is 0 Å². The van der Waals surface area contributed by atoms with Gasteiger partial charge in [-0.15, -0.1) is 6.58 Å². The Kier molecular flexibility index (Phi) is 10.1. The maximum atomic E-state index is 12.2. The van der Waals surface area contributed by atoms with Crippen molar-refractivity contribution in [1.29, 1.82) is 0 Å². The molecule has 4 rings (SSSR count). The Labute approximate surface area is 224 Å². The first-order valence-electron chi connectivity index (χ1n) is 13.4. The summed E-state index contributed by atoms with van der Waals surface area (Å²) in [6.07, 6.45) is 6.30. The monoisotopic (exact) mass is 522 g/mol. The van der Waals surface area contributed by atoms with Crippen LogP contribution in [0.5, 0.6) is 0 Å². The first-order chi connectivity index (χ1) is 18.4. The predicted octanol–water partition coefficient (Wildman–Crippen LogP) is 4.96. The summed E-state index contributed by atoms with van der Waals surface area (Å²) in [5, 5.41) is 21.1. The van der Waals surface area contributed by atoms with E-state index in [2.05, 4.69) is 16.8 Å². The molecule has 0 aromatic heterocycles. The van der Waals surface area contributed by atoms with E-state index >= 15 is 0 Å². The largest absolute Gasteiger partial charge is 0.481 e. The minimum Gasteiger partial charge on any atom is -0.481 e. The Bertz CT molecular complexity index is 1080. The number of rotatable bonds is 12. The molecule has 204 valence electrons. The van der Waals surface area contributed by atoms with Gasteiger partial charge in [-0.2, -0.15) is 0 Å². The Morgan fingerprint density at radius 1 is 1.05 bits per heavy atom. The van der Waals surface area contributed by atoms with Gasteiger partial charge >= 0.3 is 5.97 Å². The molecule has 0 radical (unpaired) electrons. The molecule has 2 aromatic carbocycles. The highest BCUT2D eigenvalue weighted by molar-refractivity contribution is 5.92. The van der Waals surface area contributed by atoms with Gasteiger partial charge in [0.05, 0.1) is 25.2 Å². The number of carbonyl (C=O) groups is 2. The highest BCUT2D eigenvalue weighted by atomic mass is 16.7. The molecule has 3 atom stereocenters. The Hall–Kier alpha value is -3.04. The van der Waals surface area contributed by atoms with Crippen molar-refractivity contribution >= 4 is 17.6 Å². The van der Waals surface area contributed by atoms with Crippen LogP contribution in [0.4, 0.5) is 5.69 Å². The summed E-state index contributed by atoms with van der Waals surface area (Å²) in [6.45, 7) is 5.54. The van der Waals surface area contributed by atoms with Crippen molar-refractivity contribution in [3.05, 3.63) is 77.9 Å². The quantitative estimate of drug-likeness (QED) is 0.338. The van der Waals surface area contributed by atoms with Gasteiger partial charge in [-0.25, -0.2) is 0 Å². The zero-order valence-corrected chi connectivity index (χ0v) is 21.8. The third kappa shape index (κ3) is 7.74. The summed E-state index contributed by atoms with van der Waals surface area (Å²) in [4.78, 5) is 25.5. The number of hydrogen-bond acceptors (Lipinski definition) is 6. The van der Waals surface area contributed by atoms with E-state index in [1.165, 1.54) is 25.7 Å². The van der Waals surface area contributed by atoms with E-state index in [1.54, 1.807) is 6.07 Å². The minimum atomic E-state index is -1.01. The van der Waals surface area contributed by atoms with Gasteiger partial charge in [-0.1, -0.05) is 55.3 Å². The maximum Gasteiger partial charge on any atom is 0.303 e. The van der Waals surface area contributed by atoms with E-state index in [4.69, 9.17) is 14.6 Å². The summed E-state index contributed by atoms with van der Waals surface area (Å²) in [7, 11) is 0. The summed E-state index contributed by atoms with van der Waals surface area (Å²) in [6, 6.07) is 15.7. The molecule has 2 aromatic rings. The van der Waals surface area contributed by atoms with Crippen molar-refractivity contribution < 1.29 is 29.3 Å². The molecule has 1 saturated heterocycles. The van der Waals surface area contributed by atoms with Crippen molar-refractivity contribution in [3.8, 4) is 0 Å². The molecule has 1 saturated carbocycles. The highest BCUT2D eigenvalue weighted by Gasteiger charge is 2.34. The third-order valence-corrected chi connectivity index (χ3v) is 7.27. The van der Waals surface area contributed by atoms with Gasteiger partial charge in [0.1, 0.15) is 0 Å². The van der Waals surface area contributed by atoms with Crippen molar-refractivity contribution in [2.75, 3.05) is 18.4 Å². The second kappa shape index (κ2) is 13.7. The van der Waals surface area contributed by atoms with Crippen LogP contribution in [0.15, 0.2) is 61.2 Å². The van der Waals surface area contributed by atoms with Gasteiger partial charge < -0.3 is 25.0 Å². The van der Waals surface area contributed by atoms with Crippen molar-refractivity contribution in [3.63, 3.8) is 0 Å². The van der Waals surface area contributed by atoms with Crippen molar-refractivity contribution in [1.82, 2.24) is 4.90 Å². The molecule has 8 heteroatoms. The molecule has 0 spiro atoms. The summed E-state index contributed by atoms with van der Waals surface area (Å²) in [5.74, 6) is -1.36. The van der Waals surface area contributed by atoms with Gasteiger partial charge in [0.25, 0.3) is 0 Å². The number of aliphatic carboxylic acids is 1. The third-order valence-electron chi connectivity index (χ3n) is 7.27. The van der Waals surface area contributed by atoms with E-state index in [9.17, 15) is 14.7 Å². The van der Waals surface area contributed by atoms with Crippen molar-refractivity contribution in [2.45, 2.75) is 76.1 Å². The number of carbonyl (C=O) groups excluding carboxylic acids is 1. The Morgan fingerprint density at radius 3 is 2.50 bits per heavy atom. The molecular weight excluding hydrogens is 484 g/mol. The van der Waals surface area contributed by atoms with Crippen molar-refractivity contribution in [2.24, 2.45) is 0 Å². The fourth-order valence-corrected chi connectivity index (χ4v) is 5.31. The topological polar surface area (TPSA) is 108 Å². The summed E-state index contributed by atoms with van der Waals surface area (Å²) in [5.41, 5.74) is 3.21. The number of carboxylic acids is 1. The van der Waals surface area contributed by atoms with E-state index in [0.717, 1.165) is 29.8 Å². The van der Waals surface area contributed by atoms with Crippen LogP contribution in [-0.4, -0.2) is 52.2 Å². The molecule has 38 heavy (non-hydrogen) atoms. The fraction of sp³-hybridized carbons (Fsp3) is 0.467. The zero-order chi connectivity index (χ0) is 26.9. The average Bonchev–Trinajstić information content (AvgIpc) is 3.47. The number of carboxylic acid groups (broad SMARTS) is 1. The Balaban J connectivity index is 1.53. The lowest BCUT2D eigenvalue weighted by Crippen LogP contribution is -2.43. The second-order valence-corrected chi connectivity index (χ2v) is 10.1. The second-order valence-electron chi connectivity index (χ2n) is 10.1. The lowest BCUT2D eigenvalue weighted by molar-refractivity contribution is -0.253. The smallest absolute Gasteiger partial charge is 0.303 e. The number of nitrogens with zero attached hydrogens (tertiary/aromatic N) is 1. The number of benzene rings is 2. The summed E-state index contributed by atoms with van der Waals surface area (Å²) >= 11 is 0.